The van der Waals surface area contributed by atoms with Gasteiger partial charge in [-0.25, -0.2) is 8.78 Å². The normalized spacial score (nSPS) is 17.0. The van der Waals surface area contributed by atoms with Crippen LogP contribution in [0.2, 0.25) is 0 Å². The summed E-state index contributed by atoms with van der Waals surface area (Å²) in [5.74, 6) is -1.87. The molecule has 0 spiro atoms. The minimum atomic E-state index is -0.970. The van der Waals surface area contributed by atoms with Gasteiger partial charge < -0.3 is 9.47 Å². The van der Waals surface area contributed by atoms with Crippen molar-refractivity contribution in [2.45, 2.75) is 109 Å². The molecule has 0 amide bonds. The van der Waals surface area contributed by atoms with E-state index in [4.69, 9.17) is 9.47 Å². The van der Waals surface area contributed by atoms with Crippen LogP contribution in [0.4, 0.5) is 13.2 Å². The molecule has 0 aliphatic heterocycles. The van der Waals surface area contributed by atoms with Crippen molar-refractivity contribution in [1.29, 1.82) is 0 Å². The molecule has 0 heterocycles. The molecule has 42 heavy (non-hydrogen) atoms. The van der Waals surface area contributed by atoms with Gasteiger partial charge in [-0.3, -0.25) is 0 Å². The molecule has 1 aliphatic carbocycles. The smallest absolute Gasteiger partial charge is 0.201 e. The lowest BCUT2D eigenvalue weighted by Crippen LogP contribution is -2.21. The molecule has 0 atom stereocenters. The summed E-state index contributed by atoms with van der Waals surface area (Å²) in [6, 6.07) is 15.5. The maximum Gasteiger partial charge on any atom is 0.201 e. The van der Waals surface area contributed by atoms with Crippen LogP contribution in [0.5, 0.6) is 5.75 Å². The first-order valence-electron chi connectivity index (χ1n) is 16.1. The van der Waals surface area contributed by atoms with E-state index in [1.165, 1.54) is 31.7 Å². The van der Waals surface area contributed by atoms with E-state index < -0.39 is 11.6 Å². The first kappa shape index (κ1) is 32.1. The molecular weight excluding hydrogens is 533 g/mol. The monoisotopic (exact) mass is 580 g/mol. The highest BCUT2D eigenvalue weighted by molar-refractivity contribution is 5.71. The van der Waals surface area contributed by atoms with E-state index in [0.29, 0.717) is 35.3 Å². The van der Waals surface area contributed by atoms with E-state index >= 15 is 4.39 Å². The van der Waals surface area contributed by atoms with Crippen molar-refractivity contribution < 1.29 is 22.6 Å². The van der Waals surface area contributed by atoms with Crippen LogP contribution in [-0.2, 0) is 4.74 Å². The van der Waals surface area contributed by atoms with Gasteiger partial charge in [-0.05, 0) is 79.3 Å². The second kappa shape index (κ2) is 16.7. The van der Waals surface area contributed by atoms with Gasteiger partial charge in [-0.15, -0.1) is 0 Å². The van der Waals surface area contributed by atoms with E-state index in [1.54, 1.807) is 36.4 Å². The third-order valence-corrected chi connectivity index (χ3v) is 8.55. The van der Waals surface area contributed by atoms with Crippen LogP contribution in [0.15, 0.2) is 54.6 Å². The van der Waals surface area contributed by atoms with E-state index in [0.717, 1.165) is 70.0 Å². The van der Waals surface area contributed by atoms with Crippen molar-refractivity contribution in [3.05, 3.63) is 77.6 Å². The molecule has 3 aromatic carbocycles. The maximum absolute atomic E-state index is 15.2. The summed E-state index contributed by atoms with van der Waals surface area (Å²) in [5.41, 5.74) is 2.93. The molecule has 5 heteroatoms. The van der Waals surface area contributed by atoms with Gasteiger partial charge in [0, 0.05) is 17.7 Å². The van der Waals surface area contributed by atoms with Crippen molar-refractivity contribution in [1.82, 2.24) is 0 Å². The van der Waals surface area contributed by atoms with E-state index in [-0.39, 0.29) is 17.1 Å². The van der Waals surface area contributed by atoms with Crippen LogP contribution in [0.25, 0.3) is 22.3 Å². The molecule has 1 aliphatic rings. The Kier molecular flexibility index (Phi) is 12.8. The van der Waals surface area contributed by atoms with Crippen molar-refractivity contribution in [2.75, 3.05) is 13.2 Å². The van der Waals surface area contributed by atoms with Gasteiger partial charge >= 0.3 is 0 Å². The summed E-state index contributed by atoms with van der Waals surface area (Å²) < 4.78 is 56.5. The summed E-state index contributed by atoms with van der Waals surface area (Å²) in [7, 11) is 0. The van der Waals surface area contributed by atoms with Crippen molar-refractivity contribution in [3.8, 4) is 28.0 Å². The number of benzene rings is 3. The molecule has 0 aromatic heterocycles. The molecule has 0 saturated heterocycles. The molecule has 2 nitrogen and oxygen atoms in total. The van der Waals surface area contributed by atoms with Gasteiger partial charge in [0.1, 0.15) is 5.82 Å². The Morgan fingerprint density at radius 1 is 0.619 bits per heavy atom. The molecule has 1 fully saturated rings. The highest BCUT2D eigenvalue weighted by Gasteiger charge is 2.24. The lowest BCUT2D eigenvalue weighted by molar-refractivity contribution is 0.0232. The zero-order valence-electron chi connectivity index (χ0n) is 25.4. The predicted molar refractivity (Wildman–Crippen MR) is 167 cm³/mol. The number of halogens is 3. The number of ether oxygens (including phenoxy) is 2. The lowest BCUT2D eigenvalue weighted by atomic mass is 9.82. The minimum Gasteiger partial charge on any atom is -0.490 e. The first-order chi connectivity index (χ1) is 20.5. The van der Waals surface area contributed by atoms with Gasteiger partial charge in [0.25, 0.3) is 0 Å². The quantitative estimate of drug-likeness (QED) is 0.157. The van der Waals surface area contributed by atoms with Crippen LogP contribution in [0, 0.1) is 17.5 Å². The zero-order valence-corrected chi connectivity index (χ0v) is 25.4. The Morgan fingerprint density at radius 3 is 1.90 bits per heavy atom. The summed E-state index contributed by atoms with van der Waals surface area (Å²) >= 11 is 0. The number of hydrogen-bond acceptors (Lipinski definition) is 2. The number of hydrogen-bond donors (Lipinski definition) is 0. The Labute approximate surface area is 250 Å². The van der Waals surface area contributed by atoms with Crippen LogP contribution in [0.1, 0.15) is 109 Å². The zero-order chi connectivity index (χ0) is 29.7. The maximum atomic E-state index is 15.2. The fourth-order valence-corrected chi connectivity index (χ4v) is 5.91. The second-order valence-electron chi connectivity index (χ2n) is 11.7. The molecule has 0 N–H and O–H groups in total. The third-order valence-electron chi connectivity index (χ3n) is 8.55. The van der Waals surface area contributed by atoms with Crippen molar-refractivity contribution in [3.63, 3.8) is 0 Å². The molecular formula is C37H47F3O2. The molecule has 4 rings (SSSR count). The highest BCUT2D eigenvalue weighted by atomic mass is 19.2. The summed E-state index contributed by atoms with van der Waals surface area (Å²) in [4.78, 5) is 0. The van der Waals surface area contributed by atoms with Crippen LogP contribution in [-0.4, -0.2) is 19.3 Å². The molecule has 1 saturated carbocycles. The third kappa shape index (κ3) is 8.86. The average molecular weight is 581 g/mol. The Bertz CT molecular complexity index is 1230. The first-order valence-corrected chi connectivity index (χ1v) is 16.1. The van der Waals surface area contributed by atoms with E-state index in [1.807, 2.05) is 12.1 Å². The molecule has 0 bridgehead atoms. The van der Waals surface area contributed by atoms with E-state index in [2.05, 4.69) is 13.8 Å². The summed E-state index contributed by atoms with van der Waals surface area (Å²) in [5, 5.41) is 0. The van der Waals surface area contributed by atoms with Crippen molar-refractivity contribution in [2.24, 2.45) is 0 Å². The van der Waals surface area contributed by atoms with Crippen LogP contribution in [0.3, 0.4) is 0 Å². The molecule has 228 valence electrons. The minimum absolute atomic E-state index is 0.0569. The average Bonchev–Trinajstić information content (AvgIpc) is 3.01. The summed E-state index contributed by atoms with van der Waals surface area (Å²) in [6.07, 6.45) is 14.5. The highest BCUT2D eigenvalue weighted by Crippen LogP contribution is 2.37. The fraction of sp³-hybridized carbons (Fsp3) is 0.514. The molecule has 0 unspecified atom stereocenters. The lowest BCUT2D eigenvalue weighted by Gasteiger charge is -2.29. The van der Waals surface area contributed by atoms with Crippen LogP contribution < -0.4 is 4.74 Å². The van der Waals surface area contributed by atoms with Gasteiger partial charge in [-0.1, -0.05) is 95.2 Å². The fourth-order valence-electron chi connectivity index (χ4n) is 5.91. The Morgan fingerprint density at radius 2 is 1.24 bits per heavy atom. The topological polar surface area (TPSA) is 18.5 Å². The van der Waals surface area contributed by atoms with Gasteiger partial charge in [0.05, 0.1) is 12.7 Å². The Balaban J connectivity index is 1.33. The molecule has 3 aromatic rings. The largest absolute Gasteiger partial charge is 0.490 e. The van der Waals surface area contributed by atoms with Gasteiger partial charge in [0.2, 0.25) is 5.82 Å². The van der Waals surface area contributed by atoms with E-state index in [9.17, 15) is 8.78 Å². The SMILES string of the molecule is CCCCCCCCCOc1ccc(-c2ccc(-c3ccc(C4CCC(OCCCC)CC4)cc3F)cc2)c(F)c1F. The van der Waals surface area contributed by atoms with Gasteiger partial charge in [-0.2, -0.15) is 4.39 Å². The second-order valence-corrected chi connectivity index (χ2v) is 11.7. The van der Waals surface area contributed by atoms with Crippen LogP contribution >= 0.6 is 0 Å². The Hall–Kier alpha value is -2.79. The molecule has 0 radical (unpaired) electrons. The number of unbranched alkanes of at least 4 members (excludes halogenated alkanes) is 7. The number of rotatable bonds is 16. The van der Waals surface area contributed by atoms with Crippen molar-refractivity contribution >= 4 is 0 Å². The summed E-state index contributed by atoms with van der Waals surface area (Å²) in [6.45, 7) is 5.56. The standard InChI is InChI=1S/C37H47F3O2/c1-3-5-7-8-9-10-11-25-42-35-23-22-33(36(39)37(35)40)29-14-12-28(13-15-29)32-21-18-30(26-34(32)38)27-16-19-31(20-17-27)41-24-6-4-2/h12-15,18,21-23,26-27,31H,3-11,16-17,19-20,24-25H2,1-2H3. The van der Waals surface area contributed by atoms with Gasteiger partial charge in [0.15, 0.2) is 11.6 Å². The predicted octanol–water partition coefficient (Wildman–Crippen LogP) is 11.4.